The third-order valence-corrected chi connectivity index (χ3v) is 7.31. The summed E-state index contributed by atoms with van der Waals surface area (Å²) in [7, 11) is 0. The number of Topliss-reactive ketones (excluding diaryl/α,β-unsaturated/α-hetero) is 1. The average molecular weight is 619 g/mol. The Morgan fingerprint density at radius 3 is 2.10 bits per heavy atom. The van der Waals surface area contributed by atoms with Crippen LogP contribution in [0.15, 0.2) is 36.8 Å². The zero-order valence-corrected chi connectivity index (χ0v) is 22.5. The smallest absolute Gasteiger partial charge is 0.433 e. The third kappa shape index (κ3) is 6.84. The third-order valence-electron chi connectivity index (χ3n) is 6.74. The average Bonchev–Trinajstić information content (AvgIpc) is 3.33. The summed E-state index contributed by atoms with van der Waals surface area (Å²) in [5.41, 5.74) is -2.66. The molecule has 1 fully saturated rings. The first kappa shape index (κ1) is 30.4. The van der Waals surface area contributed by atoms with E-state index in [0.717, 1.165) is 24.5 Å². The number of carbonyl (C=O) groups excluding carboxylic acids is 2. The highest BCUT2D eigenvalue weighted by atomic mass is 35.5. The van der Waals surface area contributed by atoms with Gasteiger partial charge in [-0.05, 0) is 43.4 Å². The second kappa shape index (κ2) is 12.1. The number of pyridine rings is 1. The molecule has 4 rings (SSSR count). The van der Waals surface area contributed by atoms with Gasteiger partial charge in [0.05, 0.1) is 45.9 Å². The topological polar surface area (TPSA) is 105 Å². The first-order valence-corrected chi connectivity index (χ1v) is 13.0. The number of nitrogens with zero attached hydrogens (tertiary/aromatic N) is 4. The maximum absolute atomic E-state index is 14.4. The minimum absolute atomic E-state index is 0.0825. The summed E-state index contributed by atoms with van der Waals surface area (Å²) in [6.45, 7) is -1.50. The summed E-state index contributed by atoms with van der Waals surface area (Å²) in [4.78, 5) is 42.5. The molecule has 2 heterocycles. The van der Waals surface area contributed by atoms with Crippen molar-refractivity contribution in [1.82, 2.24) is 19.7 Å². The van der Waals surface area contributed by atoms with Crippen molar-refractivity contribution in [2.45, 2.75) is 44.4 Å². The van der Waals surface area contributed by atoms with Gasteiger partial charge in [-0.15, -0.1) is 0 Å². The molecular formula is C26H21Cl2F5N4O4. The molecule has 0 aliphatic heterocycles. The van der Waals surface area contributed by atoms with Crippen molar-refractivity contribution in [3.05, 3.63) is 80.9 Å². The van der Waals surface area contributed by atoms with Gasteiger partial charge in [-0.25, -0.2) is 8.78 Å². The van der Waals surface area contributed by atoms with Crippen molar-refractivity contribution in [3.63, 3.8) is 0 Å². The Balaban J connectivity index is 1.73. The molecule has 0 unspecified atom stereocenters. The van der Waals surface area contributed by atoms with Crippen LogP contribution in [-0.2, 0) is 17.5 Å². The molecule has 3 aromatic rings. The fourth-order valence-electron chi connectivity index (χ4n) is 4.87. The van der Waals surface area contributed by atoms with Gasteiger partial charge in [0.25, 0.3) is 5.91 Å². The molecule has 1 aliphatic rings. The maximum atomic E-state index is 14.4. The normalized spacial score (nSPS) is 17.3. The first-order chi connectivity index (χ1) is 19.3. The number of rotatable bonds is 8. The highest BCUT2D eigenvalue weighted by Gasteiger charge is 2.43. The number of hydrogen-bond acceptors (Lipinski definition) is 5. The molecule has 0 atom stereocenters. The number of ketones is 1. The van der Waals surface area contributed by atoms with Gasteiger partial charge >= 0.3 is 12.1 Å². The minimum Gasteiger partial charge on any atom is -0.481 e. The second-order valence-electron chi connectivity index (χ2n) is 9.53. The largest absolute Gasteiger partial charge is 0.481 e. The zero-order chi connectivity index (χ0) is 30.1. The molecule has 0 saturated heterocycles. The number of alkyl halides is 3. The summed E-state index contributed by atoms with van der Waals surface area (Å²) in [5, 5.41) is 12.7. The number of benzene rings is 1. The molecule has 218 valence electrons. The highest BCUT2D eigenvalue weighted by molar-refractivity contribution is 6.39. The Morgan fingerprint density at radius 2 is 1.56 bits per heavy atom. The number of amides is 1. The summed E-state index contributed by atoms with van der Waals surface area (Å²) in [5.74, 6) is -5.89. The van der Waals surface area contributed by atoms with Gasteiger partial charge < -0.3 is 10.0 Å². The van der Waals surface area contributed by atoms with Crippen molar-refractivity contribution in [2.75, 3.05) is 6.54 Å². The van der Waals surface area contributed by atoms with Crippen molar-refractivity contribution in [1.29, 1.82) is 0 Å². The fraction of sp³-hybridized carbons (Fsp3) is 0.346. The van der Waals surface area contributed by atoms with Gasteiger partial charge in [-0.1, -0.05) is 23.2 Å². The number of aromatic nitrogens is 3. The lowest BCUT2D eigenvalue weighted by atomic mass is 9.86. The summed E-state index contributed by atoms with van der Waals surface area (Å²) in [6, 6.07) is 1.48. The van der Waals surface area contributed by atoms with E-state index < -0.39 is 71.8 Å². The lowest BCUT2D eigenvalue weighted by Gasteiger charge is -2.28. The van der Waals surface area contributed by atoms with Crippen LogP contribution >= 0.6 is 23.2 Å². The quantitative estimate of drug-likeness (QED) is 0.237. The predicted molar refractivity (Wildman–Crippen MR) is 136 cm³/mol. The van der Waals surface area contributed by atoms with Crippen LogP contribution < -0.4 is 0 Å². The van der Waals surface area contributed by atoms with E-state index in [1.807, 2.05) is 0 Å². The van der Waals surface area contributed by atoms with Crippen LogP contribution in [-0.4, -0.2) is 49.0 Å². The number of carbonyl (C=O) groups is 3. The number of carboxylic acid groups (broad SMARTS) is 1. The molecule has 15 heteroatoms. The van der Waals surface area contributed by atoms with E-state index in [0.29, 0.717) is 21.8 Å². The van der Waals surface area contributed by atoms with Crippen molar-refractivity contribution < 1.29 is 41.4 Å². The number of hydrogen-bond donors (Lipinski definition) is 1. The Morgan fingerprint density at radius 1 is 0.976 bits per heavy atom. The summed E-state index contributed by atoms with van der Waals surface area (Å²) < 4.78 is 71.5. The van der Waals surface area contributed by atoms with E-state index in [1.54, 1.807) is 0 Å². The van der Waals surface area contributed by atoms with E-state index >= 15 is 0 Å². The Kier molecular flexibility index (Phi) is 8.97. The van der Waals surface area contributed by atoms with Gasteiger partial charge in [0.2, 0.25) is 0 Å². The lowest BCUT2D eigenvalue weighted by Crippen LogP contribution is -2.37. The molecule has 0 spiro atoms. The van der Waals surface area contributed by atoms with Gasteiger partial charge in [-0.2, -0.15) is 18.3 Å². The van der Waals surface area contributed by atoms with E-state index in [1.165, 1.54) is 0 Å². The molecule has 1 N–H and O–H groups in total. The summed E-state index contributed by atoms with van der Waals surface area (Å²) >= 11 is 12.1. The highest BCUT2D eigenvalue weighted by Crippen LogP contribution is 2.39. The molecular weight excluding hydrogens is 598 g/mol. The Bertz CT molecular complexity index is 1450. The van der Waals surface area contributed by atoms with Gasteiger partial charge in [0, 0.05) is 25.0 Å². The maximum Gasteiger partial charge on any atom is 0.433 e. The SMILES string of the molecule is O=C(CN(Cc1cc(F)cc(F)c1)C(=O)c1cnn(C2CCC(C(=O)O)CC2)c1C(F)(F)F)c1c(Cl)cncc1Cl. The minimum atomic E-state index is -5.07. The van der Waals surface area contributed by atoms with Crippen LogP contribution in [0.5, 0.6) is 0 Å². The molecule has 1 saturated carbocycles. The van der Waals surface area contributed by atoms with E-state index in [4.69, 9.17) is 23.2 Å². The van der Waals surface area contributed by atoms with E-state index in [2.05, 4.69) is 10.1 Å². The van der Waals surface area contributed by atoms with Gasteiger partial charge in [0.1, 0.15) is 11.6 Å². The van der Waals surface area contributed by atoms with Crippen molar-refractivity contribution >= 4 is 40.9 Å². The molecule has 41 heavy (non-hydrogen) atoms. The monoisotopic (exact) mass is 618 g/mol. The van der Waals surface area contributed by atoms with Crippen LogP contribution in [0.2, 0.25) is 10.0 Å². The van der Waals surface area contributed by atoms with Crippen molar-refractivity contribution in [2.24, 2.45) is 5.92 Å². The molecule has 0 bridgehead atoms. The van der Waals surface area contributed by atoms with Crippen LogP contribution in [0.4, 0.5) is 22.0 Å². The fourth-order valence-corrected chi connectivity index (χ4v) is 5.44. The second-order valence-corrected chi connectivity index (χ2v) is 10.3. The number of halogens is 7. The van der Waals surface area contributed by atoms with E-state index in [9.17, 15) is 41.4 Å². The first-order valence-electron chi connectivity index (χ1n) is 12.2. The van der Waals surface area contributed by atoms with Crippen molar-refractivity contribution in [3.8, 4) is 0 Å². The van der Waals surface area contributed by atoms with Gasteiger partial charge in [-0.3, -0.25) is 24.0 Å². The van der Waals surface area contributed by atoms with Crippen LogP contribution in [0.25, 0.3) is 0 Å². The zero-order valence-electron chi connectivity index (χ0n) is 21.0. The Labute approximate surface area is 239 Å². The standard InChI is InChI=1S/C26H21Cl2F5N4O4/c27-19-9-34-10-20(28)22(19)21(38)12-36(11-13-5-15(29)7-16(30)6-13)24(39)18-8-35-37(23(18)26(31,32)33)17-3-1-14(2-4-17)25(40)41/h5-10,14,17H,1-4,11-12H2,(H,40,41). The number of aliphatic carboxylic acids is 1. The Hall–Kier alpha value is -3.58. The lowest BCUT2D eigenvalue weighted by molar-refractivity contribution is -0.147. The molecule has 8 nitrogen and oxygen atoms in total. The van der Waals surface area contributed by atoms with Crippen LogP contribution in [0.1, 0.15) is 63.7 Å². The molecule has 1 amide bonds. The predicted octanol–water partition coefficient (Wildman–Crippen LogP) is 6.22. The molecule has 1 aromatic carbocycles. The van der Waals surface area contributed by atoms with E-state index in [-0.39, 0.29) is 46.9 Å². The number of carboxylic acids is 1. The molecule has 1 aliphatic carbocycles. The molecule has 0 radical (unpaired) electrons. The van der Waals surface area contributed by atoms with Gasteiger partial charge in [0.15, 0.2) is 11.5 Å². The van der Waals surface area contributed by atoms with Crippen LogP contribution in [0, 0.1) is 17.6 Å². The van der Waals surface area contributed by atoms with Crippen LogP contribution in [0.3, 0.4) is 0 Å². The summed E-state index contributed by atoms with van der Waals surface area (Å²) in [6.07, 6.45) is -1.72. The molecule has 2 aromatic heterocycles.